The summed E-state index contributed by atoms with van der Waals surface area (Å²) in [5.41, 5.74) is 0.387. The summed E-state index contributed by atoms with van der Waals surface area (Å²) in [6.07, 6.45) is 1.95. The largest absolute Gasteiger partial charge is 0.379 e. The summed E-state index contributed by atoms with van der Waals surface area (Å²) >= 11 is 0. The SMILES string of the molecule is O=[N+]([O-])c1ccc(F)cc1N1CCC(CN2CCOCC2)CC1. The monoisotopic (exact) mass is 323 g/mol. The Labute approximate surface area is 135 Å². The van der Waals surface area contributed by atoms with Crippen LogP contribution in [0.3, 0.4) is 0 Å². The maximum atomic E-state index is 13.5. The van der Waals surface area contributed by atoms with Gasteiger partial charge in [0.1, 0.15) is 11.5 Å². The highest BCUT2D eigenvalue weighted by atomic mass is 19.1. The molecule has 3 rings (SSSR count). The van der Waals surface area contributed by atoms with E-state index in [2.05, 4.69) is 4.90 Å². The fourth-order valence-electron chi connectivity index (χ4n) is 3.41. The van der Waals surface area contributed by atoms with E-state index in [1.54, 1.807) is 0 Å². The van der Waals surface area contributed by atoms with E-state index in [0.29, 0.717) is 11.6 Å². The summed E-state index contributed by atoms with van der Waals surface area (Å²) < 4.78 is 18.8. The number of nitrogens with zero attached hydrogens (tertiary/aromatic N) is 3. The number of morpholine rings is 1. The summed E-state index contributed by atoms with van der Waals surface area (Å²) in [6.45, 7) is 6.09. The zero-order valence-corrected chi connectivity index (χ0v) is 13.1. The van der Waals surface area contributed by atoms with E-state index in [1.807, 2.05) is 4.90 Å². The topological polar surface area (TPSA) is 58.9 Å². The van der Waals surface area contributed by atoms with Gasteiger partial charge in [0.05, 0.1) is 18.1 Å². The number of rotatable bonds is 4. The number of halogens is 1. The first-order chi connectivity index (χ1) is 11.1. The number of piperidine rings is 1. The Kier molecular flexibility index (Phi) is 5.07. The highest BCUT2D eigenvalue weighted by Gasteiger charge is 2.26. The molecule has 2 aliphatic rings. The Bertz CT molecular complexity index is 556. The Morgan fingerprint density at radius 3 is 2.57 bits per heavy atom. The summed E-state index contributed by atoms with van der Waals surface area (Å²) in [7, 11) is 0. The highest BCUT2D eigenvalue weighted by Crippen LogP contribution is 2.32. The third-order valence-corrected chi connectivity index (χ3v) is 4.71. The lowest BCUT2D eigenvalue weighted by molar-refractivity contribution is -0.384. The van der Waals surface area contributed by atoms with Crippen molar-refractivity contribution in [3.63, 3.8) is 0 Å². The second-order valence-corrected chi connectivity index (χ2v) is 6.23. The van der Waals surface area contributed by atoms with Gasteiger partial charge in [-0.25, -0.2) is 4.39 Å². The first-order valence-corrected chi connectivity index (χ1v) is 8.12. The van der Waals surface area contributed by atoms with Gasteiger partial charge in [-0.2, -0.15) is 0 Å². The summed E-state index contributed by atoms with van der Waals surface area (Å²) in [6, 6.07) is 3.68. The van der Waals surface area contributed by atoms with Crippen LogP contribution in [0.4, 0.5) is 15.8 Å². The second-order valence-electron chi connectivity index (χ2n) is 6.23. The lowest BCUT2D eigenvalue weighted by atomic mass is 9.95. The Balaban J connectivity index is 1.60. The molecular formula is C16H22FN3O3. The summed E-state index contributed by atoms with van der Waals surface area (Å²) in [4.78, 5) is 15.1. The van der Waals surface area contributed by atoms with E-state index in [1.165, 1.54) is 12.1 Å². The molecular weight excluding hydrogens is 301 g/mol. The minimum Gasteiger partial charge on any atom is -0.379 e. The third kappa shape index (κ3) is 3.97. The van der Waals surface area contributed by atoms with Gasteiger partial charge in [0.2, 0.25) is 0 Å². The molecule has 0 spiro atoms. The van der Waals surface area contributed by atoms with Gasteiger partial charge < -0.3 is 9.64 Å². The van der Waals surface area contributed by atoms with Gasteiger partial charge in [-0.3, -0.25) is 15.0 Å². The van der Waals surface area contributed by atoms with E-state index in [0.717, 1.165) is 64.8 Å². The average molecular weight is 323 g/mol. The van der Waals surface area contributed by atoms with Crippen LogP contribution in [0.2, 0.25) is 0 Å². The predicted octanol–water partition coefficient (Wildman–Crippen LogP) is 2.28. The lowest BCUT2D eigenvalue weighted by Gasteiger charge is -2.36. The van der Waals surface area contributed by atoms with Crippen molar-refractivity contribution in [1.29, 1.82) is 0 Å². The molecule has 0 unspecified atom stereocenters. The van der Waals surface area contributed by atoms with Crippen LogP contribution in [0.15, 0.2) is 18.2 Å². The molecule has 1 aromatic rings. The fraction of sp³-hybridized carbons (Fsp3) is 0.625. The molecule has 0 amide bonds. The van der Waals surface area contributed by atoms with Crippen LogP contribution in [-0.4, -0.2) is 55.8 Å². The van der Waals surface area contributed by atoms with Crippen LogP contribution in [0, 0.1) is 21.8 Å². The molecule has 0 saturated carbocycles. The first-order valence-electron chi connectivity index (χ1n) is 8.12. The van der Waals surface area contributed by atoms with Gasteiger partial charge in [-0.05, 0) is 24.8 Å². The Hall–Kier alpha value is -1.73. The van der Waals surface area contributed by atoms with Crippen LogP contribution in [0.5, 0.6) is 0 Å². The second kappa shape index (κ2) is 7.23. The third-order valence-electron chi connectivity index (χ3n) is 4.71. The van der Waals surface area contributed by atoms with E-state index >= 15 is 0 Å². The molecule has 23 heavy (non-hydrogen) atoms. The minimum absolute atomic E-state index is 0.0157. The van der Waals surface area contributed by atoms with Gasteiger partial charge in [-0.15, -0.1) is 0 Å². The molecule has 2 heterocycles. The van der Waals surface area contributed by atoms with Gasteiger partial charge >= 0.3 is 0 Å². The number of hydrogen-bond donors (Lipinski definition) is 0. The van der Waals surface area contributed by atoms with Crippen molar-refractivity contribution < 1.29 is 14.1 Å². The molecule has 2 saturated heterocycles. The molecule has 0 atom stereocenters. The normalized spacial score (nSPS) is 20.7. The molecule has 0 aromatic heterocycles. The van der Waals surface area contributed by atoms with E-state index in [-0.39, 0.29) is 5.69 Å². The van der Waals surface area contributed by atoms with Crippen LogP contribution in [0.25, 0.3) is 0 Å². The Morgan fingerprint density at radius 2 is 1.91 bits per heavy atom. The van der Waals surface area contributed by atoms with Crippen molar-refractivity contribution >= 4 is 11.4 Å². The maximum absolute atomic E-state index is 13.5. The number of anilines is 1. The standard InChI is InChI=1S/C16H22FN3O3/c17-14-1-2-15(20(21)22)16(11-14)19-5-3-13(4-6-19)12-18-7-9-23-10-8-18/h1-2,11,13H,3-10,12H2. The number of nitro benzene ring substituents is 1. The number of ether oxygens (including phenoxy) is 1. The van der Waals surface area contributed by atoms with Gasteiger partial charge in [-0.1, -0.05) is 0 Å². The van der Waals surface area contributed by atoms with Crippen molar-refractivity contribution in [3.05, 3.63) is 34.1 Å². The van der Waals surface area contributed by atoms with Gasteiger partial charge in [0.25, 0.3) is 5.69 Å². The molecule has 126 valence electrons. The first kappa shape index (κ1) is 16.1. The Morgan fingerprint density at radius 1 is 1.22 bits per heavy atom. The number of hydrogen-bond acceptors (Lipinski definition) is 5. The van der Waals surface area contributed by atoms with Gasteiger partial charge in [0.15, 0.2) is 0 Å². The smallest absolute Gasteiger partial charge is 0.292 e. The molecule has 0 N–H and O–H groups in total. The quantitative estimate of drug-likeness (QED) is 0.628. The van der Waals surface area contributed by atoms with Crippen LogP contribution >= 0.6 is 0 Å². The fourth-order valence-corrected chi connectivity index (χ4v) is 3.41. The average Bonchev–Trinajstić information content (AvgIpc) is 2.56. The molecule has 0 radical (unpaired) electrons. The summed E-state index contributed by atoms with van der Waals surface area (Å²) in [5.74, 6) is 0.165. The predicted molar refractivity (Wildman–Crippen MR) is 85.3 cm³/mol. The zero-order valence-electron chi connectivity index (χ0n) is 13.1. The van der Waals surface area contributed by atoms with E-state index in [4.69, 9.17) is 4.74 Å². The van der Waals surface area contributed by atoms with Crippen molar-refractivity contribution in [2.75, 3.05) is 50.8 Å². The molecule has 2 fully saturated rings. The van der Waals surface area contributed by atoms with Crippen molar-refractivity contribution in [2.24, 2.45) is 5.92 Å². The molecule has 1 aromatic carbocycles. The van der Waals surface area contributed by atoms with Crippen molar-refractivity contribution in [1.82, 2.24) is 4.90 Å². The van der Waals surface area contributed by atoms with E-state index in [9.17, 15) is 14.5 Å². The molecule has 2 aliphatic heterocycles. The van der Waals surface area contributed by atoms with Crippen LogP contribution < -0.4 is 4.90 Å². The van der Waals surface area contributed by atoms with Crippen molar-refractivity contribution in [3.8, 4) is 0 Å². The van der Waals surface area contributed by atoms with Gasteiger partial charge in [0, 0.05) is 44.9 Å². The molecule has 7 heteroatoms. The van der Waals surface area contributed by atoms with Crippen molar-refractivity contribution in [2.45, 2.75) is 12.8 Å². The summed E-state index contributed by atoms with van der Waals surface area (Å²) in [5, 5.41) is 11.1. The molecule has 0 aliphatic carbocycles. The zero-order chi connectivity index (χ0) is 16.2. The number of nitro groups is 1. The van der Waals surface area contributed by atoms with E-state index < -0.39 is 10.7 Å². The van der Waals surface area contributed by atoms with Crippen LogP contribution in [0.1, 0.15) is 12.8 Å². The minimum atomic E-state index is -0.436. The lowest BCUT2D eigenvalue weighted by Crippen LogP contribution is -2.43. The number of benzene rings is 1. The maximum Gasteiger partial charge on any atom is 0.292 e. The molecule has 0 bridgehead atoms. The molecule has 6 nitrogen and oxygen atoms in total. The highest BCUT2D eigenvalue weighted by molar-refractivity contribution is 5.63. The van der Waals surface area contributed by atoms with Crippen LogP contribution in [-0.2, 0) is 4.74 Å².